The predicted octanol–water partition coefficient (Wildman–Crippen LogP) is 3.39. The van der Waals surface area contributed by atoms with E-state index in [-0.39, 0.29) is 5.91 Å². The summed E-state index contributed by atoms with van der Waals surface area (Å²) < 4.78 is 6.57. The Morgan fingerprint density at radius 3 is 2.57 bits per heavy atom. The van der Waals surface area contributed by atoms with Crippen LogP contribution in [0.5, 0.6) is 5.75 Å². The van der Waals surface area contributed by atoms with Crippen LogP contribution in [0.3, 0.4) is 0 Å². The number of hydrogen-bond donors (Lipinski definition) is 0. The van der Waals surface area contributed by atoms with Crippen LogP contribution < -0.4 is 9.64 Å². The maximum atomic E-state index is 12.0. The van der Waals surface area contributed by atoms with E-state index in [4.69, 9.17) is 4.74 Å². The normalized spacial score (nSPS) is 11.2. The van der Waals surface area contributed by atoms with E-state index in [1.165, 1.54) is 11.3 Å². The minimum Gasteiger partial charge on any atom is -0.494 e. The van der Waals surface area contributed by atoms with Gasteiger partial charge >= 0.3 is 0 Å². The molecule has 0 atom stereocenters. The van der Waals surface area contributed by atoms with Gasteiger partial charge in [0.2, 0.25) is 5.91 Å². The molecule has 2 rings (SSSR count). The number of carbonyl (C=O) groups excluding carboxylic acids is 1. The second-order valence-electron chi connectivity index (χ2n) is 5.26. The molecule has 23 heavy (non-hydrogen) atoms. The lowest BCUT2D eigenvalue weighted by atomic mass is 10.3. The summed E-state index contributed by atoms with van der Waals surface area (Å²) in [6.07, 6.45) is 0. The maximum absolute atomic E-state index is 12.0. The number of nitrogens with zero attached hydrogens (tertiary/aromatic N) is 3. The topological polar surface area (TPSA) is 45.7 Å². The lowest BCUT2D eigenvalue weighted by Crippen LogP contribution is -2.37. The van der Waals surface area contributed by atoms with E-state index in [1.807, 2.05) is 25.1 Å². The van der Waals surface area contributed by atoms with Crippen molar-refractivity contribution in [1.29, 1.82) is 0 Å². The Kier molecular flexibility index (Phi) is 6.36. The van der Waals surface area contributed by atoms with Crippen LogP contribution >= 0.6 is 11.3 Å². The standard InChI is InChI=1S/C17H25N3O2S/c1-5-19(6-2)10-11-20(13(4)21)17-18-15-9-8-14(22-7-3)12-16(15)23-17/h8-9,12H,5-7,10-11H2,1-4H3. The van der Waals surface area contributed by atoms with Gasteiger partial charge in [-0.15, -0.1) is 0 Å². The zero-order valence-corrected chi connectivity index (χ0v) is 15.2. The van der Waals surface area contributed by atoms with E-state index in [2.05, 4.69) is 23.7 Å². The number of fused-ring (bicyclic) bond motifs is 1. The molecule has 2 aromatic rings. The van der Waals surface area contributed by atoms with Crippen molar-refractivity contribution >= 4 is 32.6 Å². The summed E-state index contributed by atoms with van der Waals surface area (Å²) in [7, 11) is 0. The van der Waals surface area contributed by atoms with Gasteiger partial charge in [-0.3, -0.25) is 9.69 Å². The molecule has 0 aliphatic heterocycles. The minimum atomic E-state index is 0.0289. The van der Waals surface area contributed by atoms with Crippen LogP contribution in [0, 0.1) is 0 Å². The number of rotatable bonds is 8. The van der Waals surface area contributed by atoms with Gasteiger partial charge in [-0.1, -0.05) is 25.2 Å². The molecule has 6 heteroatoms. The van der Waals surface area contributed by atoms with Crippen LogP contribution in [-0.4, -0.2) is 48.6 Å². The van der Waals surface area contributed by atoms with Crippen LogP contribution in [0.4, 0.5) is 5.13 Å². The van der Waals surface area contributed by atoms with Crippen molar-refractivity contribution in [3.8, 4) is 5.75 Å². The van der Waals surface area contributed by atoms with Gasteiger partial charge in [0, 0.05) is 20.0 Å². The van der Waals surface area contributed by atoms with Crippen molar-refractivity contribution in [1.82, 2.24) is 9.88 Å². The number of carbonyl (C=O) groups is 1. The summed E-state index contributed by atoms with van der Waals surface area (Å²) in [5, 5.41) is 0.758. The van der Waals surface area contributed by atoms with Gasteiger partial charge in [0.25, 0.3) is 0 Å². The van der Waals surface area contributed by atoms with Gasteiger partial charge in [-0.25, -0.2) is 4.98 Å². The summed E-state index contributed by atoms with van der Waals surface area (Å²) in [6.45, 7) is 12.0. The molecular weight excluding hydrogens is 310 g/mol. The first-order chi connectivity index (χ1) is 11.1. The average Bonchev–Trinajstić information content (AvgIpc) is 2.94. The molecule has 0 N–H and O–H groups in total. The first-order valence-corrected chi connectivity index (χ1v) is 8.94. The molecule has 126 valence electrons. The van der Waals surface area contributed by atoms with Crippen molar-refractivity contribution < 1.29 is 9.53 Å². The summed E-state index contributed by atoms with van der Waals surface area (Å²) in [6, 6.07) is 5.86. The molecule has 1 heterocycles. The Morgan fingerprint density at radius 2 is 1.96 bits per heavy atom. The first kappa shape index (κ1) is 17.7. The Hall–Kier alpha value is -1.66. The molecular formula is C17H25N3O2S. The Balaban J connectivity index is 2.21. The van der Waals surface area contributed by atoms with Gasteiger partial charge in [-0.05, 0) is 38.2 Å². The van der Waals surface area contributed by atoms with E-state index in [1.54, 1.807) is 11.8 Å². The van der Waals surface area contributed by atoms with Crippen molar-refractivity contribution in [2.24, 2.45) is 0 Å². The highest BCUT2D eigenvalue weighted by Crippen LogP contribution is 2.31. The fourth-order valence-electron chi connectivity index (χ4n) is 2.43. The van der Waals surface area contributed by atoms with E-state index in [0.29, 0.717) is 13.2 Å². The number of hydrogen-bond acceptors (Lipinski definition) is 5. The third-order valence-electron chi connectivity index (χ3n) is 3.80. The zero-order chi connectivity index (χ0) is 16.8. The molecule has 0 aliphatic rings. The van der Waals surface area contributed by atoms with Crippen molar-refractivity contribution in [3.05, 3.63) is 18.2 Å². The lowest BCUT2D eigenvalue weighted by Gasteiger charge is -2.23. The second kappa shape index (κ2) is 8.26. The van der Waals surface area contributed by atoms with Gasteiger partial charge in [0.15, 0.2) is 5.13 Å². The number of anilines is 1. The van der Waals surface area contributed by atoms with Crippen LogP contribution in [0.1, 0.15) is 27.7 Å². The highest BCUT2D eigenvalue weighted by atomic mass is 32.1. The van der Waals surface area contributed by atoms with E-state index < -0.39 is 0 Å². The van der Waals surface area contributed by atoms with Crippen LogP contribution in [-0.2, 0) is 4.79 Å². The minimum absolute atomic E-state index is 0.0289. The Bertz CT molecular complexity index is 652. The molecule has 0 fully saturated rings. The second-order valence-corrected chi connectivity index (χ2v) is 6.27. The third-order valence-corrected chi connectivity index (χ3v) is 4.85. The molecule has 5 nitrogen and oxygen atoms in total. The largest absolute Gasteiger partial charge is 0.494 e. The number of benzene rings is 1. The van der Waals surface area contributed by atoms with E-state index >= 15 is 0 Å². The third kappa shape index (κ3) is 4.42. The molecule has 0 saturated carbocycles. The van der Waals surface area contributed by atoms with Gasteiger partial charge in [-0.2, -0.15) is 0 Å². The summed E-state index contributed by atoms with van der Waals surface area (Å²) in [4.78, 5) is 20.7. The van der Waals surface area contributed by atoms with Gasteiger partial charge in [0.1, 0.15) is 5.75 Å². The molecule has 0 saturated heterocycles. The molecule has 1 amide bonds. The highest BCUT2D eigenvalue weighted by molar-refractivity contribution is 7.22. The SMILES string of the molecule is CCOc1ccc2nc(N(CCN(CC)CC)C(C)=O)sc2c1. The first-order valence-electron chi connectivity index (χ1n) is 8.12. The van der Waals surface area contributed by atoms with Crippen LogP contribution in [0.15, 0.2) is 18.2 Å². The van der Waals surface area contributed by atoms with Crippen LogP contribution in [0.25, 0.3) is 10.2 Å². The highest BCUT2D eigenvalue weighted by Gasteiger charge is 2.17. The molecule has 0 bridgehead atoms. The average molecular weight is 335 g/mol. The molecule has 0 aliphatic carbocycles. The number of amides is 1. The number of aromatic nitrogens is 1. The maximum Gasteiger partial charge on any atom is 0.225 e. The van der Waals surface area contributed by atoms with Crippen LogP contribution in [0.2, 0.25) is 0 Å². The predicted molar refractivity (Wildman–Crippen MR) is 96.6 cm³/mol. The van der Waals surface area contributed by atoms with Crippen molar-refractivity contribution in [3.63, 3.8) is 0 Å². The number of ether oxygens (including phenoxy) is 1. The van der Waals surface area contributed by atoms with Crippen molar-refractivity contribution in [2.75, 3.05) is 37.7 Å². The summed E-state index contributed by atoms with van der Waals surface area (Å²) in [5.74, 6) is 0.869. The molecule has 0 spiro atoms. The van der Waals surface area contributed by atoms with E-state index in [0.717, 1.165) is 40.7 Å². The number of likely N-dealkylation sites (N-methyl/N-ethyl adjacent to an activating group) is 1. The Labute approximate surface area is 141 Å². The zero-order valence-electron chi connectivity index (χ0n) is 14.3. The fraction of sp³-hybridized carbons (Fsp3) is 0.529. The van der Waals surface area contributed by atoms with Gasteiger partial charge < -0.3 is 9.64 Å². The lowest BCUT2D eigenvalue weighted by molar-refractivity contribution is -0.116. The summed E-state index contributed by atoms with van der Waals surface area (Å²) >= 11 is 1.54. The van der Waals surface area contributed by atoms with Crippen molar-refractivity contribution in [2.45, 2.75) is 27.7 Å². The van der Waals surface area contributed by atoms with E-state index in [9.17, 15) is 4.79 Å². The molecule has 0 unspecified atom stereocenters. The molecule has 0 radical (unpaired) electrons. The quantitative estimate of drug-likeness (QED) is 0.742. The fourth-order valence-corrected chi connectivity index (χ4v) is 3.50. The number of thiazole rings is 1. The smallest absolute Gasteiger partial charge is 0.225 e. The molecule has 1 aromatic heterocycles. The molecule has 1 aromatic carbocycles. The summed E-state index contributed by atoms with van der Waals surface area (Å²) in [5.41, 5.74) is 0.905. The Morgan fingerprint density at radius 1 is 1.22 bits per heavy atom. The van der Waals surface area contributed by atoms with Gasteiger partial charge in [0.05, 0.1) is 16.8 Å². The monoisotopic (exact) mass is 335 g/mol.